The average molecular weight is 276 g/mol. The maximum Gasteiger partial charge on any atom is 0.336 e. The molecule has 0 radical (unpaired) electrons. The molecule has 0 spiro atoms. The fourth-order valence-corrected chi connectivity index (χ4v) is 2.67. The van der Waals surface area contributed by atoms with E-state index in [4.69, 9.17) is 0 Å². The first-order valence-electron chi connectivity index (χ1n) is 6.87. The second-order valence-corrected chi connectivity index (χ2v) is 5.13. The van der Waals surface area contributed by atoms with Crippen molar-refractivity contribution in [1.29, 1.82) is 0 Å². The molecule has 2 N–H and O–H groups in total. The Morgan fingerprint density at radius 1 is 1.30 bits per heavy atom. The fraction of sp³-hybridized carbons (Fsp3) is 0.467. The highest BCUT2D eigenvalue weighted by atomic mass is 16.4. The van der Waals surface area contributed by atoms with Gasteiger partial charge in [-0.15, -0.1) is 0 Å². The smallest absolute Gasteiger partial charge is 0.336 e. The molecule has 1 aromatic rings. The van der Waals surface area contributed by atoms with Crippen molar-refractivity contribution in [3.05, 3.63) is 35.4 Å². The van der Waals surface area contributed by atoms with E-state index < -0.39 is 5.97 Å². The second kappa shape index (κ2) is 6.52. The lowest BCUT2D eigenvalue weighted by molar-refractivity contribution is -0.125. The lowest BCUT2D eigenvalue weighted by Gasteiger charge is -2.31. The van der Waals surface area contributed by atoms with E-state index in [0.29, 0.717) is 12.1 Å². The number of amides is 1. The number of hydrogen-bond donors (Lipinski definition) is 2. The summed E-state index contributed by atoms with van der Waals surface area (Å²) < 4.78 is 0. The molecule has 1 saturated heterocycles. The molecule has 1 aliphatic rings. The van der Waals surface area contributed by atoms with E-state index in [0.717, 1.165) is 31.5 Å². The Morgan fingerprint density at radius 2 is 1.95 bits per heavy atom. The molecular weight excluding hydrogens is 256 g/mol. The standard InChI is InChI=1S/C15H20N2O3/c1-16-14(18)11-6-8-17(9-7-11)10-12-4-2-3-5-13(12)15(19)20/h2-5,11H,6-10H2,1H3,(H,16,18)(H,19,20). The Hall–Kier alpha value is -1.88. The summed E-state index contributed by atoms with van der Waals surface area (Å²) in [5, 5.41) is 11.9. The van der Waals surface area contributed by atoms with Gasteiger partial charge in [0, 0.05) is 19.5 Å². The molecule has 0 saturated carbocycles. The van der Waals surface area contributed by atoms with Crippen molar-refractivity contribution in [3.8, 4) is 0 Å². The molecule has 0 aromatic heterocycles. The average Bonchev–Trinajstić information content (AvgIpc) is 2.47. The van der Waals surface area contributed by atoms with E-state index in [2.05, 4.69) is 10.2 Å². The van der Waals surface area contributed by atoms with Crippen LogP contribution in [-0.2, 0) is 11.3 Å². The van der Waals surface area contributed by atoms with Gasteiger partial charge in [-0.1, -0.05) is 18.2 Å². The van der Waals surface area contributed by atoms with Gasteiger partial charge in [-0.05, 0) is 37.6 Å². The molecule has 1 heterocycles. The predicted molar refractivity (Wildman–Crippen MR) is 75.5 cm³/mol. The predicted octanol–water partition coefficient (Wildman–Crippen LogP) is 1.34. The molecule has 0 bridgehead atoms. The van der Waals surface area contributed by atoms with Crippen LogP contribution in [0.25, 0.3) is 0 Å². The molecule has 2 rings (SSSR count). The molecule has 5 heteroatoms. The molecule has 0 aliphatic carbocycles. The van der Waals surface area contributed by atoms with E-state index in [1.54, 1.807) is 19.2 Å². The monoisotopic (exact) mass is 276 g/mol. The highest BCUT2D eigenvalue weighted by Crippen LogP contribution is 2.20. The zero-order chi connectivity index (χ0) is 14.5. The maximum atomic E-state index is 11.6. The zero-order valence-corrected chi connectivity index (χ0v) is 11.6. The van der Waals surface area contributed by atoms with Crippen LogP contribution in [0.4, 0.5) is 0 Å². The summed E-state index contributed by atoms with van der Waals surface area (Å²) in [6, 6.07) is 7.09. The number of aromatic carboxylic acids is 1. The van der Waals surface area contributed by atoms with Crippen LogP contribution < -0.4 is 5.32 Å². The van der Waals surface area contributed by atoms with Crippen molar-refractivity contribution in [1.82, 2.24) is 10.2 Å². The minimum Gasteiger partial charge on any atom is -0.478 e. The largest absolute Gasteiger partial charge is 0.478 e. The summed E-state index contributed by atoms with van der Waals surface area (Å²) in [7, 11) is 1.66. The summed E-state index contributed by atoms with van der Waals surface area (Å²) in [6.07, 6.45) is 1.66. The number of carboxylic acid groups (broad SMARTS) is 1. The Balaban J connectivity index is 1.96. The fourth-order valence-electron chi connectivity index (χ4n) is 2.67. The quantitative estimate of drug-likeness (QED) is 0.870. The molecule has 0 unspecified atom stereocenters. The van der Waals surface area contributed by atoms with E-state index in [1.165, 1.54) is 0 Å². The highest BCUT2D eigenvalue weighted by molar-refractivity contribution is 5.89. The first kappa shape index (κ1) is 14.5. The maximum absolute atomic E-state index is 11.6. The van der Waals surface area contributed by atoms with Crippen molar-refractivity contribution >= 4 is 11.9 Å². The van der Waals surface area contributed by atoms with Gasteiger partial charge in [-0.25, -0.2) is 4.79 Å². The minimum atomic E-state index is -0.888. The molecule has 5 nitrogen and oxygen atoms in total. The third-order valence-electron chi connectivity index (χ3n) is 3.85. The first-order valence-corrected chi connectivity index (χ1v) is 6.87. The van der Waals surface area contributed by atoms with Gasteiger partial charge in [-0.2, -0.15) is 0 Å². The third-order valence-corrected chi connectivity index (χ3v) is 3.85. The van der Waals surface area contributed by atoms with Crippen LogP contribution in [0.2, 0.25) is 0 Å². The van der Waals surface area contributed by atoms with E-state index >= 15 is 0 Å². The number of hydrogen-bond acceptors (Lipinski definition) is 3. The number of piperidine rings is 1. The van der Waals surface area contributed by atoms with Gasteiger partial charge >= 0.3 is 5.97 Å². The summed E-state index contributed by atoms with van der Waals surface area (Å²) in [5.74, 6) is -0.692. The summed E-state index contributed by atoms with van der Waals surface area (Å²) in [5.41, 5.74) is 1.19. The van der Waals surface area contributed by atoms with Crippen LogP contribution in [0.5, 0.6) is 0 Å². The van der Waals surface area contributed by atoms with Gasteiger partial charge in [0.15, 0.2) is 0 Å². The second-order valence-electron chi connectivity index (χ2n) is 5.13. The normalized spacial score (nSPS) is 16.9. The lowest BCUT2D eigenvalue weighted by Crippen LogP contribution is -2.39. The molecule has 1 aliphatic heterocycles. The number of likely N-dealkylation sites (tertiary alicyclic amines) is 1. The Kier molecular flexibility index (Phi) is 4.74. The van der Waals surface area contributed by atoms with E-state index in [9.17, 15) is 14.7 Å². The van der Waals surface area contributed by atoms with Gasteiger partial charge in [0.05, 0.1) is 5.56 Å². The summed E-state index contributed by atoms with van der Waals surface area (Å²) in [4.78, 5) is 24.9. The topological polar surface area (TPSA) is 69.6 Å². The first-order chi connectivity index (χ1) is 9.61. The van der Waals surface area contributed by atoms with E-state index in [-0.39, 0.29) is 11.8 Å². The van der Waals surface area contributed by atoms with Crippen LogP contribution in [-0.4, -0.2) is 42.0 Å². The van der Waals surface area contributed by atoms with Crippen molar-refractivity contribution in [2.75, 3.05) is 20.1 Å². The number of rotatable bonds is 4. The van der Waals surface area contributed by atoms with Gasteiger partial charge in [0.1, 0.15) is 0 Å². The van der Waals surface area contributed by atoms with Gasteiger partial charge < -0.3 is 10.4 Å². The van der Waals surface area contributed by atoms with Crippen molar-refractivity contribution < 1.29 is 14.7 Å². The van der Waals surface area contributed by atoms with Crippen molar-refractivity contribution in [2.24, 2.45) is 5.92 Å². The Bertz CT molecular complexity index is 494. The minimum absolute atomic E-state index is 0.0889. The van der Waals surface area contributed by atoms with Gasteiger partial charge in [0.2, 0.25) is 5.91 Å². The molecular formula is C15H20N2O3. The number of carbonyl (C=O) groups is 2. The van der Waals surface area contributed by atoms with Crippen molar-refractivity contribution in [2.45, 2.75) is 19.4 Å². The number of benzene rings is 1. The molecule has 0 atom stereocenters. The van der Waals surface area contributed by atoms with E-state index in [1.807, 2.05) is 12.1 Å². The van der Waals surface area contributed by atoms with Crippen LogP contribution in [0.15, 0.2) is 24.3 Å². The van der Waals surface area contributed by atoms with Crippen LogP contribution >= 0.6 is 0 Å². The summed E-state index contributed by atoms with van der Waals surface area (Å²) >= 11 is 0. The Morgan fingerprint density at radius 3 is 2.55 bits per heavy atom. The third kappa shape index (κ3) is 3.36. The van der Waals surface area contributed by atoms with Crippen LogP contribution in [0, 0.1) is 5.92 Å². The highest BCUT2D eigenvalue weighted by Gasteiger charge is 2.24. The number of carboxylic acids is 1. The SMILES string of the molecule is CNC(=O)C1CCN(Cc2ccccc2C(=O)O)CC1. The number of carbonyl (C=O) groups excluding carboxylic acids is 1. The number of nitrogens with one attached hydrogen (secondary N) is 1. The van der Waals surface area contributed by atoms with Crippen LogP contribution in [0.3, 0.4) is 0 Å². The van der Waals surface area contributed by atoms with Gasteiger partial charge in [0.25, 0.3) is 0 Å². The molecule has 20 heavy (non-hydrogen) atoms. The molecule has 1 amide bonds. The lowest BCUT2D eigenvalue weighted by atomic mass is 9.95. The molecule has 108 valence electrons. The molecule has 1 fully saturated rings. The van der Waals surface area contributed by atoms with Crippen molar-refractivity contribution in [3.63, 3.8) is 0 Å². The van der Waals surface area contributed by atoms with Crippen LogP contribution in [0.1, 0.15) is 28.8 Å². The molecule has 1 aromatic carbocycles. The Labute approximate surface area is 118 Å². The number of nitrogens with zero attached hydrogens (tertiary/aromatic N) is 1. The zero-order valence-electron chi connectivity index (χ0n) is 11.6. The summed E-state index contributed by atoms with van der Waals surface area (Å²) in [6.45, 7) is 2.28. The van der Waals surface area contributed by atoms with Gasteiger partial charge in [-0.3, -0.25) is 9.69 Å².